The number of aryl methyl sites for hydroxylation is 2. The van der Waals surface area contributed by atoms with E-state index in [1.807, 2.05) is 44.2 Å². The summed E-state index contributed by atoms with van der Waals surface area (Å²) in [5.74, 6) is 0.618. The summed E-state index contributed by atoms with van der Waals surface area (Å²) in [4.78, 5) is 9.72. The number of halogens is 1. The Morgan fingerprint density at radius 1 is 1.16 bits per heavy atom. The normalized spacial score (nSPS) is 11.1. The van der Waals surface area contributed by atoms with Crippen LogP contribution < -0.4 is 0 Å². The van der Waals surface area contributed by atoms with E-state index in [1.165, 1.54) is 11.8 Å². The number of rotatable bonds is 2. The van der Waals surface area contributed by atoms with Crippen LogP contribution in [0, 0.1) is 13.8 Å². The van der Waals surface area contributed by atoms with E-state index in [-0.39, 0.29) is 0 Å². The second kappa shape index (κ2) is 4.83. The van der Waals surface area contributed by atoms with Crippen molar-refractivity contribution in [3.05, 3.63) is 46.7 Å². The van der Waals surface area contributed by atoms with E-state index in [0.717, 1.165) is 16.3 Å². The number of aromatic nitrogens is 4. The summed E-state index contributed by atoms with van der Waals surface area (Å²) >= 11 is 7.57. The monoisotopic (exact) mass is 290 g/mol. The molecule has 0 bridgehead atoms. The van der Waals surface area contributed by atoms with Crippen molar-refractivity contribution in [3.8, 4) is 0 Å². The predicted molar refractivity (Wildman–Crippen MR) is 75.8 cm³/mol. The molecular formula is C13H11ClN4S. The highest BCUT2D eigenvalue weighted by Gasteiger charge is 2.10. The third kappa shape index (κ3) is 2.43. The number of hydrogen-bond donors (Lipinski definition) is 0. The molecule has 0 aliphatic carbocycles. The largest absolute Gasteiger partial charge is 0.253 e. The number of fused-ring (bicyclic) bond motifs is 1. The Hall–Kier alpha value is -1.59. The molecule has 1 aromatic carbocycles. The molecule has 0 saturated heterocycles. The van der Waals surface area contributed by atoms with Gasteiger partial charge in [0, 0.05) is 16.3 Å². The molecular weight excluding hydrogens is 280 g/mol. The molecule has 3 rings (SSSR count). The summed E-state index contributed by atoms with van der Waals surface area (Å²) in [5, 5.41) is 5.79. The molecule has 19 heavy (non-hydrogen) atoms. The van der Waals surface area contributed by atoms with Crippen LogP contribution in [0.3, 0.4) is 0 Å². The Balaban J connectivity index is 2.03. The van der Waals surface area contributed by atoms with Crippen molar-refractivity contribution in [1.82, 2.24) is 19.6 Å². The maximum absolute atomic E-state index is 6.13. The van der Waals surface area contributed by atoms with Crippen molar-refractivity contribution in [1.29, 1.82) is 0 Å². The van der Waals surface area contributed by atoms with Gasteiger partial charge in [-0.15, -0.1) is 5.10 Å². The molecule has 3 aromatic rings. The molecule has 0 aliphatic heterocycles. The Kier molecular flexibility index (Phi) is 3.16. The fraction of sp³-hybridized carbons (Fsp3) is 0.154. The molecule has 4 nitrogen and oxygen atoms in total. The average molecular weight is 291 g/mol. The first-order chi connectivity index (χ1) is 9.13. The first-order valence-electron chi connectivity index (χ1n) is 5.77. The molecule has 0 amide bonds. The van der Waals surface area contributed by atoms with Crippen LogP contribution in [-0.4, -0.2) is 19.6 Å². The van der Waals surface area contributed by atoms with Gasteiger partial charge in [-0.25, -0.2) is 9.50 Å². The van der Waals surface area contributed by atoms with Gasteiger partial charge in [0.2, 0.25) is 5.16 Å². The van der Waals surface area contributed by atoms with Crippen molar-refractivity contribution >= 4 is 29.1 Å². The van der Waals surface area contributed by atoms with Gasteiger partial charge in [-0.2, -0.15) is 4.98 Å². The lowest BCUT2D eigenvalue weighted by molar-refractivity contribution is 0.843. The fourth-order valence-corrected chi connectivity index (χ4v) is 2.83. The molecule has 0 radical (unpaired) electrons. The summed E-state index contributed by atoms with van der Waals surface area (Å²) in [6, 6.07) is 9.62. The second-order valence-electron chi connectivity index (χ2n) is 4.18. The number of hydrogen-bond acceptors (Lipinski definition) is 4. The van der Waals surface area contributed by atoms with Crippen molar-refractivity contribution in [2.75, 3.05) is 0 Å². The minimum absolute atomic E-state index is 0.618. The lowest BCUT2D eigenvalue weighted by Crippen LogP contribution is -1.97. The first-order valence-corrected chi connectivity index (χ1v) is 6.96. The lowest BCUT2D eigenvalue weighted by Gasteiger charge is -1.98. The second-order valence-corrected chi connectivity index (χ2v) is 5.59. The van der Waals surface area contributed by atoms with Crippen molar-refractivity contribution in [3.63, 3.8) is 0 Å². The first kappa shape index (κ1) is 12.4. The third-order valence-corrected chi connectivity index (χ3v) is 4.01. The molecule has 0 unspecified atom stereocenters. The van der Waals surface area contributed by atoms with Crippen LogP contribution in [-0.2, 0) is 0 Å². The minimum atomic E-state index is 0.618. The van der Waals surface area contributed by atoms with Crippen LogP contribution in [0.5, 0.6) is 0 Å². The van der Waals surface area contributed by atoms with E-state index in [9.17, 15) is 0 Å². The summed E-state index contributed by atoms with van der Waals surface area (Å²) < 4.78 is 1.74. The van der Waals surface area contributed by atoms with Crippen molar-refractivity contribution in [2.45, 2.75) is 23.9 Å². The van der Waals surface area contributed by atoms with Gasteiger partial charge in [0.1, 0.15) is 0 Å². The van der Waals surface area contributed by atoms with Crippen molar-refractivity contribution < 1.29 is 0 Å². The zero-order chi connectivity index (χ0) is 13.4. The quantitative estimate of drug-likeness (QED) is 0.724. The summed E-state index contributed by atoms with van der Waals surface area (Å²) in [5.41, 5.74) is 1.95. The Bertz CT molecular complexity index is 753. The molecule has 0 aliphatic rings. The molecule has 0 atom stereocenters. The maximum Gasteiger partial charge on any atom is 0.253 e. The van der Waals surface area contributed by atoms with Crippen LogP contribution in [0.2, 0.25) is 5.02 Å². The molecule has 6 heteroatoms. The van der Waals surface area contributed by atoms with Crippen LogP contribution in [0.1, 0.15) is 11.4 Å². The highest BCUT2D eigenvalue weighted by Crippen LogP contribution is 2.31. The molecule has 2 aromatic heterocycles. The summed E-state index contributed by atoms with van der Waals surface area (Å²) in [6.07, 6.45) is 0. The van der Waals surface area contributed by atoms with Gasteiger partial charge in [0.05, 0.1) is 5.02 Å². The standard InChI is InChI=1S/C13H11ClN4S/c1-8-7-9(2)18-12(15-8)16-13(17-18)19-11-6-4-3-5-10(11)14/h3-7H,1-2H3. The highest BCUT2D eigenvalue weighted by atomic mass is 35.5. The van der Waals surface area contributed by atoms with E-state index >= 15 is 0 Å². The average Bonchev–Trinajstić information content (AvgIpc) is 2.75. The Labute approximate surface area is 119 Å². The van der Waals surface area contributed by atoms with E-state index in [0.29, 0.717) is 16.0 Å². The van der Waals surface area contributed by atoms with Crippen LogP contribution >= 0.6 is 23.4 Å². The van der Waals surface area contributed by atoms with E-state index in [1.54, 1.807) is 4.52 Å². The predicted octanol–water partition coefficient (Wildman–Crippen LogP) is 3.55. The van der Waals surface area contributed by atoms with Crippen LogP contribution in [0.4, 0.5) is 0 Å². The summed E-state index contributed by atoms with van der Waals surface area (Å²) in [6.45, 7) is 3.93. The lowest BCUT2D eigenvalue weighted by atomic mass is 10.4. The SMILES string of the molecule is Cc1cc(C)n2nc(Sc3ccccc3Cl)nc2n1. The summed E-state index contributed by atoms with van der Waals surface area (Å²) in [7, 11) is 0. The Morgan fingerprint density at radius 3 is 2.74 bits per heavy atom. The van der Waals surface area contributed by atoms with E-state index in [2.05, 4.69) is 15.1 Å². The fourth-order valence-electron chi connectivity index (χ4n) is 1.82. The number of nitrogens with zero attached hydrogens (tertiary/aromatic N) is 4. The van der Waals surface area contributed by atoms with Crippen molar-refractivity contribution in [2.24, 2.45) is 0 Å². The van der Waals surface area contributed by atoms with Gasteiger partial charge in [0.25, 0.3) is 5.78 Å². The smallest absolute Gasteiger partial charge is 0.216 e. The topological polar surface area (TPSA) is 43.1 Å². The zero-order valence-electron chi connectivity index (χ0n) is 10.5. The van der Waals surface area contributed by atoms with E-state index < -0.39 is 0 Å². The van der Waals surface area contributed by atoms with E-state index in [4.69, 9.17) is 11.6 Å². The van der Waals surface area contributed by atoms with Gasteiger partial charge in [-0.05, 0) is 43.8 Å². The molecule has 96 valence electrons. The maximum atomic E-state index is 6.13. The van der Waals surface area contributed by atoms with Gasteiger partial charge in [-0.1, -0.05) is 23.7 Å². The van der Waals surface area contributed by atoms with Crippen LogP contribution in [0.15, 0.2) is 40.4 Å². The molecule has 0 saturated carbocycles. The highest BCUT2D eigenvalue weighted by molar-refractivity contribution is 7.99. The molecule has 0 fully saturated rings. The van der Waals surface area contributed by atoms with Gasteiger partial charge < -0.3 is 0 Å². The van der Waals surface area contributed by atoms with Gasteiger partial charge in [-0.3, -0.25) is 0 Å². The Morgan fingerprint density at radius 2 is 1.95 bits per heavy atom. The minimum Gasteiger partial charge on any atom is -0.216 e. The van der Waals surface area contributed by atoms with Gasteiger partial charge >= 0.3 is 0 Å². The third-order valence-electron chi connectivity index (χ3n) is 2.64. The molecule has 2 heterocycles. The zero-order valence-corrected chi connectivity index (χ0v) is 12.0. The number of benzene rings is 1. The molecule has 0 N–H and O–H groups in total. The van der Waals surface area contributed by atoms with Gasteiger partial charge in [0.15, 0.2) is 0 Å². The van der Waals surface area contributed by atoms with Crippen LogP contribution in [0.25, 0.3) is 5.78 Å². The molecule has 0 spiro atoms.